The highest BCUT2D eigenvalue weighted by Crippen LogP contribution is 2.29. The highest BCUT2D eigenvalue weighted by Gasteiger charge is 2.11. The molecule has 0 fully saturated rings. The van der Waals surface area contributed by atoms with Crippen molar-refractivity contribution in [1.29, 1.82) is 0 Å². The smallest absolute Gasteiger partial charge is 0.255 e. The van der Waals surface area contributed by atoms with Crippen molar-refractivity contribution >= 4 is 22.9 Å². The second kappa shape index (κ2) is 6.34. The largest absolute Gasteiger partial charge is 0.272 e. The Morgan fingerprint density at radius 3 is 2.35 bits per heavy atom. The monoisotopic (exact) mass is 343 g/mol. The predicted octanol–water partition coefficient (Wildman–Crippen LogP) is 5.23. The van der Waals surface area contributed by atoms with Crippen molar-refractivity contribution in [3.63, 3.8) is 0 Å². The quantitative estimate of drug-likeness (QED) is 0.597. The summed E-state index contributed by atoms with van der Waals surface area (Å²) in [5.74, 6) is 0.404. The van der Waals surface area contributed by atoms with Crippen molar-refractivity contribution in [1.82, 2.24) is 4.57 Å². The van der Waals surface area contributed by atoms with Gasteiger partial charge in [0.1, 0.15) is 5.00 Å². The van der Waals surface area contributed by atoms with E-state index in [1.807, 2.05) is 6.92 Å². The number of hydrogen-bond donors (Lipinski definition) is 0. The normalized spacial score (nSPS) is 11.0. The van der Waals surface area contributed by atoms with E-state index in [2.05, 4.69) is 43.5 Å². The van der Waals surface area contributed by atoms with Crippen LogP contribution in [0.15, 0.2) is 46.6 Å². The summed E-state index contributed by atoms with van der Waals surface area (Å²) >= 11 is 7.54. The molecule has 0 saturated heterocycles. The maximum absolute atomic E-state index is 12.3. The zero-order valence-corrected chi connectivity index (χ0v) is 15.0. The van der Waals surface area contributed by atoms with Gasteiger partial charge < -0.3 is 0 Å². The topological polar surface area (TPSA) is 22.0 Å². The number of thiophene rings is 1. The Hall–Kier alpha value is -1.84. The molecule has 0 aliphatic rings. The SMILES string of the molecule is Cc1cc(C)cc(-c2csc(-n3c(C)c(CCl)ccc3=O)c2)c1. The Morgan fingerprint density at radius 1 is 1.00 bits per heavy atom. The maximum Gasteiger partial charge on any atom is 0.255 e. The lowest BCUT2D eigenvalue weighted by atomic mass is 10.0. The van der Waals surface area contributed by atoms with Gasteiger partial charge in [0.2, 0.25) is 0 Å². The fourth-order valence-electron chi connectivity index (χ4n) is 2.83. The van der Waals surface area contributed by atoms with Gasteiger partial charge in [-0.3, -0.25) is 9.36 Å². The zero-order chi connectivity index (χ0) is 16.6. The molecule has 0 aliphatic carbocycles. The second-order valence-electron chi connectivity index (χ2n) is 5.80. The van der Waals surface area contributed by atoms with E-state index in [0.717, 1.165) is 21.8 Å². The van der Waals surface area contributed by atoms with Crippen LogP contribution in [-0.2, 0) is 5.88 Å². The third-order valence-corrected chi connectivity index (χ3v) is 5.15. The molecule has 0 radical (unpaired) electrons. The van der Waals surface area contributed by atoms with Gasteiger partial charge in [-0.25, -0.2) is 0 Å². The Bertz CT molecular complexity index is 903. The highest BCUT2D eigenvalue weighted by atomic mass is 35.5. The van der Waals surface area contributed by atoms with E-state index in [4.69, 9.17) is 11.6 Å². The summed E-state index contributed by atoms with van der Waals surface area (Å²) in [6, 6.07) is 12.0. The molecule has 2 aromatic heterocycles. The van der Waals surface area contributed by atoms with Crippen LogP contribution in [-0.4, -0.2) is 4.57 Å². The minimum absolute atomic E-state index is 0.0230. The van der Waals surface area contributed by atoms with E-state index in [0.29, 0.717) is 5.88 Å². The van der Waals surface area contributed by atoms with Crippen molar-refractivity contribution < 1.29 is 0 Å². The van der Waals surface area contributed by atoms with Crippen LogP contribution in [0.25, 0.3) is 16.1 Å². The minimum Gasteiger partial charge on any atom is -0.272 e. The first-order valence-corrected chi connectivity index (χ1v) is 8.86. The molecule has 0 spiro atoms. The van der Waals surface area contributed by atoms with Crippen LogP contribution in [0.1, 0.15) is 22.4 Å². The van der Waals surface area contributed by atoms with E-state index in [9.17, 15) is 4.79 Å². The van der Waals surface area contributed by atoms with Gasteiger partial charge in [0.25, 0.3) is 5.56 Å². The number of benzene rings is 1. The second-order valence-corrected chi connectivity index (χ2v) is 6.96. The first-order valence-electron chi connectivity index (χ1n) is 7.44. The first-order chi connectivity index (χ1) is 11.0. The number of pyridine rings is 1. The molecule has 1 aromatic carbocycles. The van der Waals surface area contributed by atoms with Gasteiger partial charge in [-0.1, -0.05) is 35.4 Å². The Labute approximate surface area is 145 Å². The van der Waals surface area contributed by atoms with Crippen molar-refractivity contribution in [3.8, 4) is 16.1 Å². The predicted molar refractivity (Wildman–Crippen MR) is 99.1 cm³/mol. The van der Waals surface area contributed by atoms with E-state index < -0.39 is 0 Å². The molecule has 0 saturated carbocycles. The molecule has 0 N–H and O–H groups in total. The molecule has 3 rings (SSSR count). The number of alkyl halides is 1. The fraction of sp³-hybridized carbons (Fsp3) is 0.211. The standard InChI is InChI=1S/C19H18ClNOS/c1-12-6-13(2)8-16(7-12)17-9-19(23-11-17)21-14(3)15(10-20)4-5-18(21)22/h4-9,11H,10H2,1-3H3. The molecule has 118 valence electrons. The van der Waals surface area contributed by atoms with Crippen LogP contribution in [0.4, 0.5) is 0 Å². The van der Waals surface area contributed by atoms with Crippen molar-refractivity contribution in [3.05, 3.63) is 74.5 Å². The van der Waals surface area contributed by atoms with Gasteiger partial charge in [-0.15, -0.1) is 22.9 Å². The lowest BCUT2D eigenvalue weighted by Crippen LogP contribution is -2.19. The van der Waals surface area contributed by atoms with Crippen molar-refractivity contribution in [2.75, 3.05) is 0 Å². The van der Waals surface area contributed by atoms with Crippen LogP contribution >= 0.6 is 22.9 Å². The third kappa shape index (κ3) is 3.12. The molecule has 0 atom stereocenters. The Kier molecular flexibility index (Phi) is 4.42. The Balaban J connectivity index is 2.11. The number of nitrogens with zero attached hydrogens (tertiary/aromatic N) is 1. The maximum atomic E-state index is 12.3. The number of aryl methyl sites for hydroxylation is 2. The van der Waals surface area contributed by atoms with Gasteiger partial charge in [0.15, 0.2) is 0 Å². The van der Waals surface area contributed by atoms with Gasteiger partial charge in [-0.2, -0.15) is 0 Å². The number of aromatic nitrogens is 1. The molecule has 0 aliphatic heterocycles. The number of halogens is 1. The Morgan fingerprint density at radius 2 is 1.70 bits per heavy atom. The summed E-state index contributed by atoms with van der Waals surface area (Å²) in [6.45, 7) is 6.14. The number of hydrogen-bond acceptors (Lipinski definition) is 2. The van der Waals surface area contributed by atoms with Gasteiger partial charge in [-0.05, 0) is 43.5 Å². The molecular weight excluding hydrogens is 326 g/mol. The summed E-state index contributed by atoms with van der Waals surface area (Å²) in [4.78, 5) is 12.3. The molecule has 0 amide bonds. The molecule has 23 heavy (non-hydrogen) atoms. The minimum atomic E-state index is -0.0230. The highest BCUT2D eigenvalue weighted by molar-refractivity contribution is 7.13. The molecule has 2 nitrogen and oxygen atoms in total. The lowest BCUT2D eigenvalue weighted by Gasteiger charge is -2.10. The van der Waals surface area contributed by atoms with Crippen LogP contribution in [0, 0.1) is 20.8 Å². The molecule has 2 heterocycles. The van der Waals surface area contributed by atoms with Crippen LogP contribution in [0.3, 0.4) is 0 Å². The van der Waals surface area contributed by atoms with Gasteiger partial charge in [0, 0.05) is 23.0 Å². The third-order valence-electron chi connectivity index (χ3n) is 3.95. The van der Waals surface area contributed by atoms with Gasteiger partial charge in [0.05, 0.1) is 0 Å². The summed E-state index contributed by atoms with van der Waals surface area (Å²) in [5, 5.41) is 3.02. The van der Waals surface area contributed by atoms with E-state index in [1.54, 1.807) is 28.0 Å². The zero-order valence-electron chi connectivity index (χ0n) is 13.4. The average Bonchev–Trinajstić information content (AvgIpc) is 2.96. The summed E-state index contributed by atoms with van der Waals surface area (Å²) in [6.07, 6.45) is 0. The molecule has 3 aromatic rings. The first kappa shape index (κ1) is 16.0. The van der Waals surface area contributed by atoms with Crippen LogP contribution in [0.2, 0.25) is 0 Å². The molecule has 0 bridgehead atoms. The van der Waals surface area contributed by atoms with E-state index >= 15 is 0 Å². The average molecular weight is 344 g/mol. The summed E-state index contributed by atoms with van der Waals surface area (Å²) in [5.41, 5.74) is 6.66. The fourth-order valence-corrected chi connectivity index (χ4v) is 4.09. The van der Waals surface area contributed by atoms with Gasteiger partial charge >= 0.3 is 0 Å². The molecule has 4 heteroatoms. The molecule has 0 unspecified atom stereocenters. The van der Waals surface area contributed by atoms with Crippen LogP contribution < -0.4 is 5.56 Å². The van der Waals surface area contributed by atoms with E-state index in [-0.39, 0.29) is 5.56 Å². The van der Waals surface area contributed by atoms with Crippen molar-refractivity contribution in [2.24, 2.45) is 0 Å². The number of rotatable bonds is 3. The molecular formula is C19H18ClNOS. The van der Waals surface area contributed by atoms with Crippen LogP contribution in [0.5, 0.6) is 0 Å². The van der Waals surface area contributed by atoms with E-state index in [1.165, 1.54) is 16.7 Å². The lowest BCUT2D eigenvalue weighted by molar-refractivity contribution is 0.931. The summed E-state index contributed by atoms with van der Waals surface area (Å²) in [7, 11) is 0. The van der Waals surface area contributed by atoms with Crippen molar-refractivity contribution in [2.45, 2.75) is 26.7 Å². The summed E-state index contributed by atoms with van der Waals surface area (Å²) < 4.78 is 1.74.